The van der Waals surface area contributed by atoms with Crippen molar-refractivity contribution in [3.8, 4) is 0 Å². The van der Waals surface area contributed by atoms with Crippen molar-refractivity contribution in [2.75, 3.05) is 13.7 Å². The first-order chi connectivity index (χ1) is 14.6. The molecule has 0 spiro atoms. The van der Waals surface area contributed by atoms with E-state index in [-0.39, 0.29) is 24.4 Å². The Balaban J connectivity index is 1.89. The number of Topliss-reactive ketones (excluding diaryl/α,β-unsaturated/α-hetero) is 1. The summed E-state index contributed by atoms with van der Waals surface area (Å²) in [5.41, 5.74) is 2.46. The normalized spacial score (nSPS) is 17.3. The van der Waals surface area contributed by atoms with E-state index in [0.717, 1.165) is 5.56 Å². The fourth-order valence-corrected chi connectivity index (χ4v) is 3.82. The molecule has 164 valence electrons. The number of benzene rings is 1. The predicted octanol–water partition coefficient (Wildman–Crippen LogP) is 5.83. The van der Waals surface area contributed by atoms with Gasteiger partial charge in [0, 0.05) is 18.3 Å². The highest BCUT2D eigenvalue weighted by molar-refractivity contribution is 6.18. The molecule has 0 aliphatic carbocycles. The van der Waals surface area contributed by atoms with Gasteiger partial charge in [0.2, 0.25) is 0 Å². The topological polar surface area (TPSA) is 45.3 Å². The lowest BCUT2D eigenvalue weighted by atomic mass is 9.93. The number of aromatic amines is 1. The minimum atomic E-state index is -4.33. The Labute approximate surface area is 179 Å². The Morgan fingerprint density at radius 3 is 2.48 bits per heavy atom. The number of alkyl halides is 3. The van der Waals surface area contributed by atoms with Crippen LogP contribution in [-0.4, -0.2) is 41.5 Å². The number of ketones is 1. The van der Waals surface area contributed by atoms with E-state index >= 15 is 0 Å². The van der Waals surface area contributed by atoms with Crippen LogP contribution in [0.25, 0.3) is 11.3 Å². The highest BCUT2D eigenvalue weighted by atomic mass is 19.4. The second-order valence-corrected chi connectivity index (χ2v) is 7.45. The van der Waals surface area contributed by atoms with Crippen molar-refractivity contribution in [1.29, 1.82) is 0 Å². The van der Waals surface area contributed by atoms with E-state index < -0.39 is 12.2 Å². The second kappa shape index (κ2) is 8.88. The fourth-order valence-electron chi connectivity index (χ4n) is 3.82. The number of methoxy groups -OCH3 is 1. The van der Waals surface area contributed by atoms with Crippen LogP contribution in [0.1, 0.15) is 41.4 Å². The van der Waals surface area contributed by atoms with E-state index in [1.54, 1.807) is 6.92 Å². The number of aromatic nitrogens is 1. The van der Waals surface area contributed by atoms with Crippen molar-refractivity contribution in [2.45, 2.75) is 32.0 Å². The molecule has 3 rings (SSSR count). The summed E-state index contributed by atoms with van der Waals surface area (Å²) >= 11 is 0. The number of nitrogens with one attached hydrogen (secondary N) is 1. The molecule has 0 amide bonds. The van der Waals surface area contributed by atoms with Gasteiger partial charge in [-0.15, -0.1) is 0 Å². The van der Waals surface area contributed by atoms with Crippen LogP contribution in [0.4, 0.5) is 13.2 Å². The van der Waals surface area contributed by atoms with E-state index in [2.05, 4.69) is 18.1 Å². The molecule has 2 heterocycles. The van der Waals surface area contributed by atoms with Crippen LogP contribution in [-0.2, 0) is 4.74 Å². The van der Waals surface area contributed by atoms with Crippen molar-refractivity contribution in [3.05, 3.63) is 83.9 Å². The quantitative estimate of drug-likeness (QED) is 0.260. The molecule has 4 nitrogen and oxygen atoms in total. The summed E-state index contributed by atoms with van der Waals surface area (Å²) in [4.78, 5) is 17.5. The maximum atomic E-state index is 13.3. The number of hydrogen-bond donors (Lipinski definition) is 1. The number of likely N-dealkylation sites (tertiary alicyclic amines) is 1. The first-order valence-electron chi connectivity index (χ1n) is 9.90. The Morgan fingerprint density at radius 1 is 1.19 bits per heavy atom. The van der Waals surface area contributed by atoms with Gasteiger partial charge in [0.25, 0.3) is 0 Å². The second-order valence-electron chi connectivity index (χ2n) is 7.45. The minimum absolute atomic E-state index is 0.0336. The summed E-state index contributed by atoms with van der Waals surface area (Å²) in [7, 11) is 1.47. The molecule has 7 heteroatoms. The maximum Gasteiger partial charge on any atom is 0.408 e. The molecule has 1 atom stereocenters. The van der Waals surface area contributed by atoms with Crippen LogP contribution >= 0.6 is 0 Å². The largest absolute Gasteiger partial charge is 0.501 e. The summed E-state index contributed by atoms with van der Waals surface area (Å²) < 4.78 is 45.3. The third-order valence-corrected chi connectivity index (χ3v) is 5.54. The van der Waals surface area contributed by atoms with Crippen LogP contribution in [0.5, 0.6) is 0 Å². The summed E-state index contributed by atoms with van der Waals surface area (Å²) in [5, 5.41) is 0. The van der Waals surface area contributed by atoms with Crippen LogP contribution in [0.15, 0.2) is 67.1 Å². The molecule has 0 radical (unpaired) electrons. The highest BCUT2D eigenvalue weighted by Crippen LogP contribution is 2.37. The Morgan fingerprint density at radius 2 is 1.87 bits per heavy atom. The van der Waals surface area contributed by atoms with Crippen molar-refractivity contribution in [2.24, 2.45) is 0 Å². The van der Waals surface area contributed by atoms with E-state index in [9.17, 15) is 18.0 Å². The van der Waals surface area contributed by atoms with Gasteiger partial charge in [-0.3, -0.25) is 4.79 Å². The molecular formula is C24H25F3N2O2. The van der Waals surface area contributed by atoms with Crippen LogP contribution in [0.2, 0.25) is 0 Å². The van der Waals surface area contributed by atoms with Crippen LogP contribution in [0, 0.1) is 0 Å². The average molecular weight is 430 g/mol. The zero-order valence-electron chi connectivity index (χ0n) is 17.6. The van der Waals surface area contributed by atoms with Crippen molar-refractivity contribution in [3.63, 3.8) is 0 Å². The van der Waals surface area contributed by atoms with E-state index in [1.165, 1.54) is 24.3 Å². The number of ether oxygens (including phenoxy) is 1. The lowest BCUT2D eigenvalue weighted by molar-refractivity contribution is -0.168. The minimum Gasteiger partial charge on any atom is -0.501 e. The molecule has 1 aromatic heterocycles. The average Bonchev–Trinajstić information content (AvgIpc) is 3.43. The van der Waals surface area contributed by atoms with Crippen molar-refractivity contribution in [1.82, 2.24) is 9.88 Å². The van der Waals surface area contributed by atoms with E-state index in [0.29, 0.717) is 34.6 Å². The molecule has 31 heavy (non-hydrogen) atoms. The van der Waals surface area contributed by atoms with Crippen molar-refractivity contribution >= 4 is 17.1 Å². The standard InChI is InChI=1S/C24H25F3N2O2/c1-15(18-9-6-5-7-10-18)22(17(3)31-4)23(30)19-13-20(28-14-19)16(2)29-12-8-11-21(29)24(25,26)27/h5-7,9-10,13-14,21,28H,1-2,8,11-12H2,3-4H3/b22-17+/t21-/m0/s1. The summed E-state index contributed by atoms with van der Waals surface area (Å²) in [6, 6.07) is 9.19. The van der Waals surface area contributed by atoms with Gasteiger partial charge in [0.15, 0.2) is 5.78 Å². The van der Waals surface area contributed by atoms with Gasteiger partial charge in [-0.2, -0.15) is 13.2 Å². The molecule has 1 saturated heterocycles. The number of carbonyl (C=O) groups is 1. The van der Waals surface area contributed by atoms with E-state index in [1.807, 2.05) is 30.3 Å². The molecule has 0 bridgehead atoms. The van der Waals surface area contributed by atoms with Gasteiger partial charge >= 0.3 is 6.18 Å². The number of nitrogens with zero attached hydrogens (tertiary/aromatic N) is 1. The molecule has 1 aliphatic heterocycles. The smallest absolute Gasteiger partial charge is 0.408 e. The van der Waals surface area contributed by atoms with Gasteiger partial charge in [-0.05, 0) is 37.0 Å². The molecular weight excluding hydrogens is 405 g/mol. The number of H-pyrrole nitrogens is 1. The SMILES string of the molecule is C=C(/C(C(=O)c1c[nH]c(C(=C)N2CCC[C@H]2C(F)(F)F)c1)=C(/C)OC)c1ccccc1. The van der Waals surface area contributed by atoms with E-state index in [4.69, 9.17) is 4.74 Å². The zero-order valence-corrected chi connectivity index (χ0v) is 17.6. The van der Waals surface area contributed by atoms with Gasteiger partial charge in [0.1, 0.15) is 11.8 Å². The summed E-state index contributed by atoms with van der Waals surface area (Å²) in [5.74, 6) is 0.0643. The molecule has 0 unspecified atom stereocenters. The summed E-state index contributed by atoms with van der Waals surface area (Å²) in [6.45, 7) is 9.85. The molecule has 2 aromatic rings. The third kappa shape index (κ3) is 4.60. The first kappa shape index (κ1) is 22.5. The van der Waals surface area contributed by atoms with Crippen LogP contribution < -0.4 is 0 Å². The van der Waals surface area contributed by atoms with Gasteiger partial charge < -0.3 is 14.6 Å². The number of halogens is 3. The zero-order chi connectivity index (χ0) is 22.8. The monoisotopic (exact) mass is 430 g/mol. The highest BCUT2D eigenvalue weighted by Gasteiger charge is 2.46. The summed E-state index contributed by atoms with van der Waals surface area (Å²) in [6.07, 6.45) is -2.38. The first-order valence-corrected chi connectivity index (χ1v) is 9.90. The molecule has 1 aliphatic rings. The number of hydrogen-bond acceptors (Lipinski definition) is 3. The Bertz CT molecular complexity index is 1020. The molecule has 0 saturated carbocycles. The lowest BCUT2D eigenvalue weighted by Gasteiger charge is -2.29. The molecule has 1 fully saturated rings. The number of rotatable bonds is 7. The van der Waals surface area contributed by atoms with Gasteiger partial charge in [0.05, 0.1) is 24.1 Å². The maximum absolute atomic E-state index is 13.3. The fraction of sp³-hybridized carbons (Fsp3) is 0.292. The van der Waals surface area contributed by atoms with Gasteiger partial charge in [-0.1, -0.05) is 43.5 Å². The molecule has 1 aromatic carbocycles. The van der Waals surface area contributed by atoms with Gasteiger partial charge in [-0.25, -0.2) is 0 Å². The lowest BCUT2D eigenvalue weighted by Crippen LogP contribution is -2.39. The predicted molar refractivity (Wildman–Crippen MR) is 115 cm³/mol. The number of allylic oxidation sites excluding steroid dienone is 3. The Hall–Kier alpha value is -3.22. The van der Waals surface area contributed by atoms with Crippen molar-refractivity contribution < 1.29 is 22.7 Å². The molecule has 1 N–H and O–H groups in total. The third-order valence-electron chi connectivity index (χ3n) is 5.54. The Kier molecular flexibility index (Phi) is 6.43. The van der Waals surface area contributed by atoms with Crippen LogP contribution in [0.3, 0.4) is 0 Å². The number of carbonyl (C=O) groups excluding carboxylic acids is 1.